The van der Waals surface area contributed by atoms with Gasteiger partial charge in [-0.3, -0.25) is 9.89 Å². The van der Waals surface area contributed by atoms with Gasteiger partial charge in [-0.2, -0.15) is 5.10 Å². The van der Waals surface area contributed by atoms with Crippen LogP contribution in [-0.2, 0) is 6.54 Å². The molecule has 5 heteroatoms. The molecule has 1 aromatic heterocycles. The van der Waals surface area contributed by atoms with Gasteiger partial charge < -0.3 is 10.4 Å². The van der Waals surface area contributed by atoms with Crippen LogP contribution in [0.25, 0.3) is 0 Å². The molecule has 0 atom stereocenters. The van der Waals surface area contributed by atoms with Crippen molar-refractivity contribution in [2.24, 2.45) is 0 Å². The van der Waals surface area contributed by atoms with Gasteiger partial charge in [0.15, 0.2) is 0 Å². The van der Waals surface area contributed by atoms with Crippen molar-refractivity contribution in [1.29, 1.82) is 0 Å². The molecule has 2 aromatic rings. The van der Waals surface area contributed by atoms with Crippen LogP contribution in [0.1, 0.15) is 27.3 Å². The minimum absolute atomic E-state index is 0.146. The Morgan fingerprint density at radius 3 is 2.56 bits per heavy atom. The maximum absolute atomic E-state index is 11.9. The summed E-state index contributed by atoms with van der Waals surface area (Å²) in [5, 5.41) is 18.9. The Bertz CT molecular complexity index is 539. The highest BCUT2D eigenvalue weighted by Crippen LogP contribution is 2.11. The molecular formula is C13H15N3O2. The summed E-state index contributed by atoms with van der Waals surface area (Å²) >= 11 is 0. The number of nitrogens with zero attached hydrogens (tertiary/aromatic N) is 1. The first-order chi connectivity index (χ1) is 8.58. The number of aryl methyl sites for hydroxylation is 2. The first kappa shape index (κ1) is 12.2. The quantitative estimate of drug-likeness (QED) is 0.769. The van der Waals surface area contributed by atoms with E-state index in [2.05, 4.69) is 15.5 Å². The van der Waals surface area contributed by atoms with Crippen LogP contribution >= 0.6 is 0 Å². The van der Waals surface area contributed by atoms with Gasteiger partial charge >= 0.3 is 0 Å². The van der Waals surface area contributed by atoms with Crippen LogP contribution < -0.4 is 5.32 Å². The summed E-state index contributed by atoms with van der Waals surface area (Å²) in [6, 6.07) is 6.14. The molecule has 0 aliphatic rings. The minimum atomic E-state index is -0.171. The summed E-state index contributed by atoms with van der Waals surface area (Å²) in [5.74, 6) is -0.0249. The molecule has 5 nitrogen and oxygen atoms in total. The molecule has 18 heavy (non-hydrogen) atoms. The number of phenolic OH excluding ortho intramolecular Hbond substituents is 1. The largest absolute Gasteiger partial charge is 0.508 e. The van der Waals surface area contributed by atoms with Crippen molar-refractivity contribution in [2.75, 3.05) is 0 Å². The Morgan fingerprint density at radius 1 is 1.33 bits per heavy atom. The molecule has 0 radical (unpaired) electrons. The SMILES string of the molecule is Cc1n[nH]c(C)c1CNC(=O)c1ccc(O)cc1. The zero-order chi connectivity index (χ0) is 13.1. The molecule has 0 bridgehead atoms. The minimum Gasteiger partial charge on any atom is -0.508 e. The van der Waals surface area contributed by atoms with Crippen molar-refractivity contribution < 1.29 is 9.90 Å². The van der Waals surface area contributed by atoms with Crippen molar-refractivity contribution in [2.45, 2.75) is 20.4 Å². The number of carbonyl (C=O) groups excluding carboxylic acids is 1. The topological polar surface area (TPSA) is 78.0 Å². The van der Waals surface area contributed by atoms with Gasteiger partial charge in [0.2, 0.25) is 0 Å². The number of hydrogen-bond acceptors (Lipinski definition) is 3. The van der Waals surface area contributed by atoms with Crippen molar-refractivity contribution in [3.05, 3.63) is 46.8 Å². The molecule has 0 saturated carbocycles. The van der Waals surface area contributed by atoms with E-state index in [4.69, 9.17) is 5.11 Å². The number of carbonyl (C=O) groups is 1. The van der Waals surface area contributed by atoms with Gasteiger partial charge in [0.05, 0.1) is 5.69 Å². The number of benzene rings is 1. The number of phenols is 1. The third-order valence-electron chi connectivity index (χ3n) is 2.84. The first-order valence-electron chi connectivity index (χ1n) is 5.65. The smallest absolute Gasteiger partial charge is 0.251 e. The molecule has 3 N–H and O–H groups in total. The lowest BCUT2D eigenvalue weighted by atomic mass is 10.1. The van der Waals surface area contributed by atoms with E-state index in [-0.39, 0.29) is 11.7 Å². The number of rotatable bonds is 3. The molecule has 0 saturated heterocycles. The number of H-pyrrole nitrogens is 1. The molecule has 0 fully saturated rings. The van der Waals surface area contributed by atoms with Gasteiger partial charge in [-0.05, 0) is 38.1 Å². The van der Waals surface area contributed by atoms with Gasteiger partial charge in [0.1, 0.15) is 5.75 Å². The summed E-state index contributed by atoms with van der Waals surface area (Å²) in [4.78, 5) is 11.9. The molecule has 0 unspecified atom stereocenters. The normalized spacial score (nSPS) is 10.3. The van der Waals surface area contributed by atoms with Crippen molar-refractivity contribution in [3.63, 3.8) is 0 Å². The third-order valence-corrected chi connectivity index (χ3v) is 2.84. The van der Waals surface area contributed by atoms with Crippen LogP contribution in [0.2, 0.25) is 0 Å². The van der Waals surface area contributed by atoms with Crippen LogP contribution in [0.3, 0.4) is 0 Å². The molecule has 1 heterocycles. The van der Waals surface area contributed by atoms with E-state index in [1.165, 1.54) is 12.1 Å². The van der Waals surface area contributed by atoms with Crippen LogP contribution in [0.15, 0.2) is 24.3 Å². The Labute approximate surface area is 105 Å². The molecule has 0 aliphatic carbocycles. The van der Waals surface area contributed by atoms with Crippen LogP contribution in [0.5, 0.6) is 5.75 Å². The average Bonchev–Trinajstić information content (AvgIpc) is 2.67. The number of aromatic nitrogens is 2. The van der Waals surface area contributed by atoms with E-state index >= 15 is 0 Å². The fourth-order valence-electron chi connectivity index (χ4n) is 1.72. The predicted octanol–water partition coefficient (Wildman–Crippen LogP) is 1.66. The standard InChI is InChI=1S/C13H15N3O2/c1-8-12(9(2)16-15-8)7-14-13(18)10-3-5-11(17)6-4-10/h3-6,17H,7H2,1-2H3,(H,14,18)(H,15,16). The lowest BCUT2D eigenvalue weighted by Gasteiger charge is -2.05. The molecule has 0 aliphatic heterocycles. The molecule has 2 rings (SSSR count). The third kappa shape index (κ3) is 2.51. The summed E-state index contributed by atoms with van der Waals surface area (Å²) in [5.41, 5.74) is 3.37. The lowest BCUT2D eigenvalue weighted by molar-refractivity contribution is 0.0951. The number of amides is 1. The molecule has 0 spiro atoms. The summed E-state index contributed by atoms with van der Waals surface area (Å²) in [7, 11) is 0. The van der Waals surface area contributed by atoms with E-state index < -0.39 is 0 Å². The van der Waals surface area contributed by atoms with E-state index in [0.717, 1.165) is 17.0 Å². The van der Waals surface area contributed by atoms with Crippen LogP contribution in [0.4, 0.5) is 0 Å². The van der Waals surface area contributed by atoms with E-state index in [1.54, 1.807) is 12.1 Å². The van der Waals surface area contributed by atoms with Crippen LogP contribution in [0, 0.1) is 13.8 Å². The maximum atomic E-state index is 11.9. The average molecular weight is 245 g/mol. The van der Waals surface area contributed by atoms with E-state index in [1.807, 2.05) is 13.8 Å². The summed E-state index contributed by atoms with van der Waals surface area (Å²) in [6.45, 7) is 4.25. The van der Waals surface area contributed by atoms with Gasteiger partial charge in [0, 0.05) is 23.4 Å². The highest BCUT2D eigenvalue weighted by Gasteiger charge is 2.09. The number of aromatic amines is 1. The molecular weight excluding hydrogens is 230 g/mol. The van der Waals surface area contributed by atoms with Gasteiger partial charge in [0.25, 0.3) is 5.91 Å². The Balaban J connectivity index is 2.03. The van der Waals surface area contributed by atoms with E-state index in [0.29, 0.717) is 12.1 Å². The fourth-order valence-corrected chi connectivity index (χ4v) is 1.72. The summed E-state index contributed by atoms with van der Waals surface area (Å²) in [6.07, 6.45) is 0. The van der Waals surface area contributed by atoms with Gasteiger partial charge in [-0.25, -0.2) is 0 Å². The lowest BCUT2D eigenvalue weighted by Crippen LogP contribution is -2.23. The Kier molecular flexibility index (Phi) is 3.32. The zero-order valence-electron chi connectivity index (χ0n) is 10.3. The van der Waals surface area contributed by atoms with Gasteiger partial charge in [-0.15, -0.1) is 0 Å². The number of aromatic hydroxyl groups is 1. The molecule has 94 valence electrons. The van der Waals surface area contributed by atoms with Crippen molar-refractivity contribution in [1.82, 2.24) is 15.5 Å². The second-order valence-electron chi connectivity index (χ2n) is 4.14. The van der Waals surface area contributed by atoms with Crippen molar-refractivity contribution >= 4 is 5.91 Å². The van der Waals surface area contributed by atoms with Crippen LogP contribution in [-0.4, -0.2) is 21.2 Å². The first-order valence-corrected chi connectivity index (χ1v) is 5.65. The second-order valence-corrected chi connectivity index (χ2v) is 4.14. The van der Waals surface area contributed by atoms with Gasteiger partial charge in [-0.1, -0.05) is 0 Å². The highest BCUT2D eigenvalue weighted by molar-refractivity contribution is 5.94. The maximum Gasteiger partial charge on any atom is 0.251 e. The Morgan fingerprint density at radius 2 is 2.00 bits per heavy atom. The predicted molar refractivity (Wildman–Crippen MR) is 67.3 cm³/mol. The Hall–Kier alpha value is -2.30. The zero-order valence-corrected chi connectivity index (χ0v) is 10.3. The monoisotopic (exact) mass is 245 g/mol. The van der Waals surface area contributed by atoms with E-state index in [9.17, 15) is 4.79 Å². The number of nitrogens with one attached hydrogen (secondary N) is 2. The molecule has 1 aromatic carbocycles. The fraction of sp³-hybridized carbons (Fsp3) is 0.231. The highest BCUT2D eigenvalue weighted by atomic mass is 16.3. The molecule has 1 amide bonds. The number of hydrogen-bond donors (Lipinski definition) is 3. The van der Waals surface area contributed by atoms with Crippen molar-refractivity contribution in [3.8, 4) is 5.75 Å². The summed E-state index contributed by atoms with van der Waals surface area (Å²) < 4.78 is 0. The second kappa shape index (κ2) is 4.91.